The Morgan fingerprint density at radius 3 is 2.61 bits per heavy atom. The smallest absolute Gasteiger partial charge is 0.269 e. The summed E-state index contributed by atoms with van der Waals surface area (Å²) >= 11 is 1.67. The van der Waals surface area contributed by atoms with Gasteiger partial charge in [-0.3, -0.25) is 25.2 Å². The summed E-state index contributed by atoms with van der Waals surface area (Å²) in [4.78, 5) is 37.6. The van der Waals surface area contributed by atoms with Crippen LogP contribution in [0.5, 0.6) is 0 Å². The van der Waals surface area contributed by atoms with Crippen molar-refractivity contribution in [2.24, 2.45) is 5.92 Å². The average molecular weight is 464 g/mol. The fraction of sp³-hybridized carbons (Fsp3) is 0.381. The zero-order valence-electron chi connectivity index (χ0n) is 16.9. The summed E-state index contributed by atoms with van der Waals surface area (Å²) < 4.78 is 22.9. The third-order valence-corrected chi connectivity index (χ3v) is 7.71. The van der Waals surface area contributed by atoms with E-state index in [0.717, 1.165) is 12.8 Å². The van der Waals surface area contributed by atoms with E-state index in [9.17, 15) is 22.8 Å². The van der Waals surface area contributed by atoms with Crippen molar-refractivity contribution in [3.05, 3.63) is 52.2 Å². The number of benzene rings is 1. The van der Waals surface area contributed by atoms with Gasteiger partial charge in [-0.1, -0.05) is 12.1 Å². The van der Waals surface area contributed by atoms with Crippen molar-refractivity contribution in [3.8, 4) is 0 Å². The van der Waals surface area contributed by atoms with Gasteiger partial charge >= 0.3 is 0 Å². The number of hydrogen-bond acceptors (Lipinski definition) is 6. The summed E-state index contributed by atoms with van der Waals surface area (Å²) in [5.41, 5.74) is 5.42. The summed E-state index contributed by atoms with van der Waals surface area (Å²) in [6.45, 7) is 0. The Kier molecular flexibility index (Phi) is 7.80. The van der Waals surface area contributed by atoms with Crippen LogP contribution in [0.25, 0.3) is 0 Å². The Labute approximate surface area is 185 Å². The van der Waals surface area contributed by atoms with Crippen LogP contribution < -0.4 is 16.2 Å². The van der Waals surface area contributed by atoms with Gasteiger partial charge in [-0.25, -0.2) is 8.42 Å². The van der Waals surface area contributed by atoms with Crippen LogP contribution in [0, 0.1) is 5.92 Å². The van der Waals surface area contributed by atoms with Crippen LogP contribution in [0.1, 0.15) is 40.9 Å². The number of aryl methyl sites for hydroxylation is 1. The van der Waals surface area contributed by atoms with Crippen molar-refractivity contribution < 1.29 is 22.8 Å². The molecule has 0 aliphatic carbocycles. The van der Waals surface area contributed by atoms with Gasteiger partial charge in [-0.15, -0.1) is 11.3 Å². The minimum atomic E-state index is -3.05. The molecule has 1 aromatic heterocycles. The van der Waals surface area contributed by atoms with Crippen molar-refractivity contribution >= 4 is 44.6 Å². The Balaban J connectivity index is 1.42. The molecule has 31 heavy (non-hydrogen) atoms. The maximum atomic E-state index is 12.3. The molecular weight excluding hydrogens is 438 g/mol. The van der Waals surface area contributed by atoms with E-state index < -0.39 is 21.7 Å². The van der Waals surface area contributed by atoms with E-state index >= 15 is 0 Å². The van der Waals surface area contributed by atoms with Gasteiger partial charge in [0.1, 0.15) is 0 Å². The Hall–Kier alpha value is -2.72. The number of hydrogen-bond donors (Lipinski definition) is 3. The van der Waals surface area contributed by atoms with Crippen LogP contribution in [0.4, 0.5) is 5.69 Å². The molecule has 3 rings (SSSR count). The highest BCUT2D eigenvalue weighted by molar-refractivity contribution is 7.91. The zero-order chi connectivity index (χ0) is 22.3. The second-order valence-electron chi connectivity index (χ2n) is 7.54. The summed E-state index contributed by atoms with van der Waals surface area (Å²) in [7, 11) is -3.05. The predicted octanol–water partition coefficient (Wildman–Crippen LogP) is 2.30. The molecule has 0 saturated carbocycles. The lowest BCUT2D eigenvalue weighted by atomic mass is 10.1. The van der Waals surface area contributed by atoms with Crippen LogP contribution >= 0.6 is 11.3 Å². The van der Waals surface area contributed by atoms with Gasteiger partial charge in [0, 0.05) is 29.0 Å². The number of amides is 3. The minimum Gasteiger partial charge on any atom is -0.326 e. The molecule has 1 atom stereocenters. The van der Waals surface area contributed by atoms with Gasteiger partial charge in [-0.2, -0.15) is 0 Å². The second kappa shape index (κ2) is 10.5. The summed E-state index contributed by atoms with van der Waals surface area (Å²) in [5, 5.41) is 4.79. The molecule has 0 bridgehead atoms. The van der Waals surface area contributed by atoms with Gasteiger partial charge in [-0.05, 0) is 54.8 Å². The third-order valence-electron chi connectivity index (χ3n) is 4.93. The number of rotatable bonds is 8. The molecule has 1 aromatic carbocycles. The maximum absolute atomic E-state index is 12.3. The van der Waals surface area contributed by atoms with Gasteiger partial charge in [0.15, 0.2) is 9.84 Å². The molecule has 0 radical (unpaired) electrons. The lowest BCUT2D eigenvalue weighted by Gasteiger charge is -2.11. The van der Waals surface area contributed by atoms with Gasteiger partial charge in [0.2, 0.25) is 11.8 Å². The number of anilines is 1. The highest BCUT2D eigenvalue weighted by Crippen LogP contribution is 2.21. The van der Waals surface area contributed by atoms with E-state index in [1.165, 1.54) is 10.9 Å². The van der Waals surface area contributed by atoms with Crippen molar-refractivity contribution in [2.75, 3.05) is 16.8 Å². The van der Waals surface area contributed by atoms with Gasteiger partial charge < -0.3 is 5.32 Å². The number of nitrogens with one attached hydrogen (secondary N) is 3. The molecule has 2 heterocycles. The number of carbonyl (C=O) groups excluding carboxylic acids is 3. The summed E-state index contributed by atoms with van der Waals surface area (Å²) in [6, 6.07) is 10.4. The van der Waals surface area contributed by atoms with E-state index in [1.807, 2.05) is 17.5 Å². The normalized spacial score (nSPS) is 17.1. The molecule has 1 unspecified atom stereocenters. The number of thiophene rings is 1. The first-order chi connectivity index (χ1) is 14.8. The first-order valence-electron chi connectivity index (χ1n) is 10.0. The van der Waals surface area contributed by atoms with Crippen LogP contribution in [-0.2, 0) is 25.8 Å². The topological polar surface area (TPSA) is 121 Å². The lowest BCUT2D eigenvalue weighted by Crippen LogP contribution is -2.42. The van der Waals surface area contributed by atoms with Crippen LogP contribution in [-0.4, -0.2) is 37.6 Å². The molecule has 8 nitrogen and oxygen atoms in total. The van der Waals surface area contributed by atoms with E-state index in [-0.39, 0.29) is 35.3 Å². The molecule has 3 N–H and O–H groups in total. The first kappa shape index (κ1) is 23.0. The van der Waals surface area contributed by atoms with E-state index in [0.29, 0.717) is 18.5 Å². The van der Waals surface area contributed by atoms with E-state index in [2.05, 4.69) is 16.2 Å². The first-order valence-corrected chi connectivity index (χ1v) is 12.7. The van der Waals surface area contributed by atoms with E-state index in [4.69, 9.17) is 0 Å². The van der Waals surface area contributed by atoms with Crippen molar-refractivity contribution in [2.45, 2.75) is 32.1 Å². The highest BCUT2D eigenvalue weighted by atomic mass is 32.2. The fourth-order valence-corrected chi connectivity index (χ4v) is 6.00. The van der Waals surface area contributed by atoms with Crippen molar-refractivity contribution in [3.63, 3.8) is 0 Å². The van der Waals surface area contributed by atoms with E-state index in [1.54, 1.807) is 29.5 Å². The number of hydrazine groups is 1. The van der Waals surface area contributed by atoms with Crippen molar-refractivity contribution in [1.82, 2.24) is 10.9 Å². The molecule has 1 fully saturated rings. The predicted molar refractivity (Wildman–Crippen MR) is 119 cm³/mol. The van der Waals surface area contributed by atoms with Crippen LogP contribution in [0.15, 0.2) is 41.8 Å². The second-order valence-corrected chi connectivity index (χ2v) is 10.8. The summed E-state index contributed by atoms with van der Waals surface area (Å²) in [5.74, 6) is -1.21. The van der Waals surface area contributed by atoms with Crippen LogP contribution in [0.3, 0.4) is 0 Å². The number of carbonyl (C=O) groups is 3. The SMILES string of the molecule is O=C(CC1CCS(=O)(=O)C1)NNC(=O)c1cccc(NC(=O)CCCc2cccs2)c1. The minimum absolute atomic E-state index is 0.00341. The largest absolute Gasteiger partial charge is 0.326 e. The number of sulfone groups is 1. The summed E-state index contributed by atoms with van der Waals surface area (Å²) in [6.07, 6.45) is 2.46. The molecule has 0 spiro atoms. The standard InChI is InChI=1S/C21H25N3O5S2/c25-19(8-2-6-18-7-3-10-30-18)22-17-5-1-4-16(13-17)21(27)24-23-20(26)12-15-9-11-31(28,29)14-15/h1,3-5,7,10,13,15H,2,6,8-9,11-12,14H2,(H,22,25)(H,23,26)(H,24,27). The highest BCUT2D eigenvalue weighted by Gasteiger charge is 2.29. The molecular formula is C21H25N3O5S2. The molecule has 2 aromatic rings. The van der Waals surface area contributed by atoms with Gasteiger partial charge in [0.05, 0.1) is 11.5 Å². The molecule has 1 aliphatic rings. The van der Waals surface area contributed by atoms with Gasteiger partial charge in [0.25, 0.3) is 5.91 Å². The Morgan fingerprint density at radius 2 is 1.90 bits per heavy atom. The fourth-order valence-electron chi connectivity index (χ4n) is 3.38. The quantitative estimate of drug-likeness (QED) is 0.519. The Bertz CT molecular complexity index is 1040. The molecule has 1 aliphatic heterocycles. The molecule has 166 valence electrons. The molecule has 10 heteroatoms. The monoisotopic (exact) mass is 463 g/mol. The van der Waals surface area contributed by atoms with Crippen molar-refractivity contribution in [1.29, 1.82) is 0 Å². The maximum Gasteiger partial charge on any atom is 0.269 e. The zero-order valence-corrected chi connectivity index (χ0v) is 18.6. The lowest BCUT2D eigenvalue weighted by molar-refractivity contribution is -0.122. The molecule has 3 amide bonds. The molecule has 1 saturated heterocycles. The third kappa shape index (κ3) is 7.48. The average Bonchev–Trinajstić information content (AvgIpc) is 3.35. The van der Waals surface area contributed by atoms with Crippen LogP contribution in [0.2, 0.25) is 0 Å². The Morgan fingerprint density at radius 1 is 1.06 bits per heavy atom.